The van der Waals surface area contributed by atoms with Crippen molar-refractivity contribution in [1.29, 1.82) is 0 Å². The Bertz CT molecular complexity index is 1350. The van der Waals surface area contributed by atoms with Gasteiger partial charge in [0.2, 0.25) is 11.7 Å². The lowest BCUT2D eigenvalue weighted by Crippen LogP contribution is -2.26. The fourth-order valence-corrected chi connectivity index (χ4v) is 5.16. The number of hydrogen-bond acceptors (Lipinski definition) is 6. The first-order valence-electron chi connectivity index (χ1n) is 13.5. The van der Waals surface area contributed by atoms with Crippen LogP contribution in [0.2, 0.25) is 0 Å². The molecule has 3 aromatic heterocycles. The SMILES string of the molecule is CC.CC(C)Oc1nc2nc(C3CCC(C)OC3)cn2cc1C(=O)Nc1cccn(C2CC23CC3)c1=O. The highest BCUT2D eigenvalue weighted by Gasteiger charge is 2.64. The third-order valence-electron chi connectivity index (χ3n) is 7.54. The standard InChI is InChI=1S/C26H31N5O4.C2H6/c1-15(2)35-23-18(12-30-13-20(28-25(30)29-23)17-7-6-16(3)34-14-17)22(32)27-19-5-4-10-31(24(19)33)21-11-26(21)8-9-26;1-2/h4-5,10,12-13,15-17,21H,6-9,11,14H2,1-3H3,(H,27,32);1-2H3. The zero-order chi connectivity index (χ0) is 26.3. The van der Waals surface area contributed by atoms with Crippen LogP contribution in [0.1, 0.15) is 94.7 Å². The zero-order valence-corrected chi connectivity index (χ0v) is 22.4. The highest BCUT2D eigenvalue weighted by Crippen LogP contribution is 2.72. The maximum Gasteiger partial charge on any atom is 0.274 e. The molecule has 3 aromatic rings. The Hall–Kier alpha value is -3.20. The van der Waals surface area contributed by atoms with Crippen molar-refractivity contribution in [1.82, 2.24) is 18.9 Å². The molecule has 9 nitrogen and oxygen atoms in total. The summed E-state index contributed by atoms with van der Waals surface area (Å²) in [5.74, 6) is 0.425. The second-order valence-electron chi connectivity index (χ2n) is 10.6. The summed E-state index contributed by atoms with van der Waals surface area (Å²) in [6.07, 6.45) is 10.9. The third kappa shape index (κ3) is 5.01. The molecule has 0 bridgehead atoms. The topological polar surface area (TPSA) is 99.8 Å². The monoisotopic (exact) mass is 507 g/mol. The number of aromatic nitrogens is 4. The number of carbonyl (C=O) groups excluding carboxylic acids is 1. The van der Waals surface area contributed by atoms with Gasteiger partial charge in [0.1, 0.15) is 11.3 Å². The zero-order valence-electron chi connectivity index (χ0n) is 22.4. The molecule has 1 spiro atoms. The molecule has 2 aliphatic carbocycles. The van der Waals surface area contributed by atoms with Crippen molar-refractivity contribution in [3.8, 4) is 5.88 Å². The second-order valence-corrected chi connectivity index (χ2v) is 10.6. The Morgan fingerprint density at radius 1 is 1.22 bits per heavy atom. The van der Waals surface area contributed by atoms with Crippen molar-refractivity contribution >= 4 is 17.4 Å². The van der Waals surface area contributed by atoms with E-state index in [2.05, 4.69) is 17.2 Å². The van der Waals surface area contributed by atoms with Crippen LogP contribution < -0.4 is 15.6 Å². The van der Waals surface area contributed by atoms with Crippen LogP contribution in [0.15, 0.2) is 35.5 Å². The Morgan fingerprint density at radius 3 is 2.65 bits per heavy atom. The van der Waals surface area contributed by atoms with Crippen molar-refractivity contribution in [3.05, 3.63) is 52.3 Å². The van der Waals surface area contributed by atoms with E-state index in [0.29, 0.717) is 17.8 Å². The lowest BCUT2D eigenvalue weighted by atomic mass is 9.96. The minimum absolute atomic E-state index is 0.175. The van der Waals surface area contributed by atoms with E-state index in [1.807, 2.05) is 46.2 Å². The van der Waals surface area contributed by atoms with E-state index in [0.717, 1.165) is 25.0 Å². The van der Waals surface area contributed by atoms with E-state index in [1.54, 1.807) is 21.2 Å². The maximum atomic E-state index is 13.4. The molecule has 9 heteroatoms. The molecule has 0 radical (unpaired) electrons. The molecule has 4 heterocycles. The summed E-state index contributed by atoms with van der Waals surface area (Å²) >= 11 is 0. The maximum absolute atomic E-state index is 13.4. The number of fused-ring (bicyclic) bond motifs is 1. The van der Waals surface area contributed by atoms with Crippen LogP contribution >= 0.6 is 0 Å². The molecule has 6 rings (SSSR count). The van der Waals surface area contributed by atoms with Gasteiger partial charge in [0.15, 0.2) is 0 Å². The fourth-order valence-electron chi connectivity index (χ4n) is 5.16. The summed E-state index contributed by atoms with van der Waals surface area (Å²) in [5, 5.41) is 2.80. The number of pyridine rings is 1. The first-order valence-corrected chi connectivity index (χ1v) is 13.5. The van der Waals surface area contributed by atoms with Gasteiger partial charge in [0.25, 0.3) is 11.5 Å². The third-order valence-corrected chi connectivity index (χ3v) is 7.54. The van der Waals surface area contributed by atoms with Crippen molar-refractivity contribution in [2.75, 3.05) is 11.9 Å². The van der Waals surface area contributed by atoms with Crippen LogP contribution in [0.4, 0.5) is 5.69 Å². The number of ether oxygens (including phenoxy) is 2. The van der Waals surface area contributed by atoms with Crippen molar-refractivity contribution in [3.63, 3.8) is 0 Å². The van der Waals surface area contributed by atoms with Crippen LogP contribution in [0.5, 0.6) is 5.88 Å². The van der Waals surface area contributed by atoms with E-state index in [1.165, 1.54) is 12.8 Å². The molecule has 0 aromatic carbocycles. The molecule has 1 aliphatic heterocycles. The van der Waals surface area contributed by atoms with Gasteiger partial charge in [-0.1, -0.05) is 13.8 Å². The van der Waals surface area contributed by atoms with Gasteiger partial charge in [-0.15, -0.1) is 0 Å². The van der Waals surface area contributed by atoms with Crippen LogP contribution in [0.3, 0.4) is 0 Å². The number of carbonyl (C=O) groups is 1. The summed E-state index contributed by atoms with van der Waals surface area (Å²) in [4.78, 5) is 35.7. The van der Waals surface area contributed by atoms with Crippen LogP contribution in [-0.2, 0) is 4.74 Å². The predicted octanol–water partition coefficient (Wildman–Crippen LogP) is 4.96. The summed E-state index contributed by atoms with van der Waals surface area (Å²) in [6, 6.07) is 3.71. The molecule has 198 valence electrons. The summed E-state index contributed by atoms with van der Waals surface area (Å²) in [7, 11) is 0. The van der Waals surface area contributed by atoms with Crippen LogP contribution in [0.25, 0.3) is 5.78 Å². The van der Waals surface area contributed by atoms with Gasteiger partial charge in [0.05, 0.1) is 24.5 Å². The number of rotatable bonds is 6. The van der Waals surface area contributed by atoms with E-state index >= 15 is 0 Å². The molecule has 2 saturated carbocycles. The lowest BCUT2D eigenvalue weighted by Gasteiger charge is -2.25. The second kappa shape index (κ2) is 9.93. The Labute approximate surface area is 217 Å². The summed E-state index contributed by atoms with van der Waals surface area (Å²) in [5.41, 5.74) is 1.56. The van der Waals surface area contributed by atoms with Gasteiger partial charge >= 0.3 is 0 Å². The molecule has 3 aliphatic rings. The Balaban J connectivity index is 0.00000137. The number of hydrogen-bond donors (Lipinski definition) is 1. The van der Waals surface area contributed by atoms with E-state index in [-0.39, 0.29) is 46.9 Å². The predicted molar refractivity (Wildman–Crippen MR) is 141 cm³/mol. The van der Waals surface area contributed by atoms with Crippen LogP contribution in [-0.4, -0.2) is 43.7 Å². The molecular weight excluding hydrogens is 470 g/mol. The summed E-state index contributed by atoms with van der Waals surface area (Å²) in [6.45, 7) is 10.5. The molecule has 3 fully saturated rings. The van der Waals surface area contributed by atoms with Gasteiger partial charge < -0.3 is 19.4 Å². The van der Waals surface area contributed by atoms with E-state index in [4.69, 9.17) is 14.5 Å². The number of nitrogens with one attached hydrogen (secondary N) is 1. The molecule has 37 heavy (non-hydrogen) atoms. The average molecular weight is 508 g/mol. The normalized spacial score (nSPS) is 23.5. The number of nitrogens with zero attached hydrogens (tertiary/aromatic N) is 4. The largest absolute Gasteiger partial charge is 0.474 e. The Kier molecular flexibility index (Phi) is 6.83. The van der Waals surface area contributed by atoms with Gasteiger partial charge in [0, 0.05) is 30.6 Å². The average Bonchev–Trinajstić information content (AvgIpc) is 3.77. The van der Waals surface area contributed by atoms with Gasteiger partial charge in [-0.2, -0.15) is 4.98 Å². The fraction of sp³-hybridized carbons (Fsp3) is 0.571. The van der Waals surface area contributed by atoms with Gasteiger partial charge in [-0.3, -0.25) is 14.0 Å². The molecule has 1 N–H and O–H groups in total. The first kappa shape index (κ1) is 25.4. The minimum atomic E-state index is -0.438. The van der Waals surface area contributed by atoms with E-state index < -0.39 is 5.91 Å². The number of imidazole rings is 1. The highest BCUT2D eigenvalue weighted by molar-refractivity contribution is 6.05. The quantitative estimate of drug-likeness (QED) is 0.506. The van der Waals surface area contributed by atoms with E-state index in [9.17, 15) is 9.59 Å². The lowest BCUT2D eigenvalue weighted by molar-refractivity contribution is 0.0147. The van der Waals surface area contributed by atoms with Gasteiger partial charge in [-0.25, -0.2) is 4.98 Å². The summed E-state index contributed by atoms with van der Waals surface area (Å²) < 4.78 is 15.2. The molecular formula is C28H37N5O4. The Morgan fingerprint density at radius 2 is 2.00 bits per heavy atom. The molecule has 3 atom stereocenters. The van der Waals surface area contributed by atoms with Crippen molar-refractivity contribution < 1.29 is 14.3 Å². The van der Waals surface area contributed by atoms with Gasteiger partial charge in [-0.05, 0) is 70.4 Å². The van der Waals surface area contributed by atoms with Crippen LogP contribution in [0, 0.1) is 5.41 Å². The highest BCUT2D eigenvalue weighted by atomic mass is 16.5. The number of anilines is 1. The minimum Gasteiger partial charge on any atom is -0.474 e. The smallest absolute Gasteiger partial charge is 0.274 e. The van der Waals surface area contributed by atoms with Crippen molar-refractivity contribution in [2.24, 2.45) is 5.41 Å². The van der Waals surface area contributed by atoms with Crippen molar-refractivity contribution in [2.45, 2.75) is 90.9 Å². The first-order chi connectivity index (χ1) is 17.8. The number of amides is 1. The molecule has 1 saturated heterocycles. The molecule has 1 amide bonds. The molecule has 3 unspecified atom stereocenters.